The number of amides is 2. The van der Waals surface area contributed by atoms with Crippen molar-refractivity contribution < 1.29 is 14.3 Å². The normalized spacial score (nSPS) is 13.8. The number of hydrogen-bond donors (Lipinski definition) is 1. The summed E-state index contributed by atoms with van der Waals surface area (Å²) in [5.74, 6) is 0.328. The van der Waals surface area contributed by atoms with Crippen LogP contribution in [0, 0.1) is 5.92 Å². The molecule has 0 aromatic heterocycles. The van der Waals surface area contributed by atoms with Gasteiger partial charge in [-0.15, -0.1) is 0 Å². The molecule has 2 amide bonds. The van der Waals surface area contributed by atoms with E-state index in [9.17, 15) is 9.59 Å². The molecule has 1 saturated carbocycles. The summed E-state index contributed by atoms with van der Waals surface area (Å²) in [5.41, 5.74) is 6.25. The minimum Gasteiger partial charge on any atom is -0.497 e. The van der Waals surface area contributed by atoms with Crippen molar-refractivity contribution >= 4 is 11.8 Å². The average molecular weight is 383 g/mol. The Labute approximate surface area is 167 Å². The van der Waals surface area contributed by atoms with Gasteiger partial charge in [0.05, 0.1) is 13.7 Å². The lowest BCUT2D eigenvalue weighted by atomic mass is 9.88. The van der Waals surface area contributed by atoms with Gasteiger partial charge in [-0.3, -0.25) is 9.59 Å². The number of methoxy groups -OCH3 is 1. The summed E-state index contributed by atoms with van der Waals surface area (Å²) in [4.78, 5) is 25.6. The van der Waals surface area contributed by atoms with Gasteiger partial charge in [0.15, 0.2) is 0 Å². The molecule has 2 aromatic carbocycles. The first kappa shape index (κ1) is 21.5. The Morgan fingerprint density at radius 2 is 1.61 bits per heavy atom. The number of primary amides is 1. The lowest BCUT2D eigenvalue weighted by Gasteiger charge is -2.28. The van der Waals surface area contributed by atoms with Gasteiger partial charge in [-0.1, -0.05) is 67.8 Å². The van der Waals surface area contributed by atoms with E-state index in [2.05, 4.69) is 0 Å². The van der Waals surface area contributed by atoms with Gasteiger partial charge in [-0.2, -0.15) is 0 Å². The standard InChI is InChI=1S/C17H24N2O3.C6H6/c1-22-15-9-5-6-13(10-15)11-19(12-16(18)20)17(21)14-7-3-2-4-8-14;1-2-4-6-5-3-1/h5-6,9-10,14H,2-4,7-8,11-12H2,1H3,(H2,18,20);1-6H. The molecule has 0 spiro atoms. The summed E-state index contributed by atoms with van der Waals surface area (Å²) < 4.78 is 5.20. The predicted octanol–water partition coefficient (Wildman–Crippen LogP) is 3.78. The van der Waals surface area contributed by atoms with Gasteiger partial charge in [0, 0.05) is 12.5 Å². The van der Waals surface area contributed by atoms with Crippen LogP contribution in [-0.4, -0.2) is 30.4 Å². The average Bonchev–Trinajstić information content (AvgIpc) is 2.75. The molecule has 1 aliphatic carbocycles. The summed E-state index contributed by atoms with van der Waals surface area (Å²) in [7, 11) is 1.60. The molecule has 0 bridgehead atoms. The number of benzene rings is 2. The Bertz CT molecular complexity index is 701. The van der Waals surface area contributed by atoms with Gasteiger partial charge in [-0.05, 0) is 30.5 Å². The van der Waals surface area contributed by atoms with E-state index >= 15 is 0 Å². The molecule has 28 heavy (non-hydrogen) atoms. The largest absolute Gasteiger partial charge is 0.497 e. The second kappa shape index (κ2) is 11.8. The summed E-state index contributed by atoms with van der Waals surface area (Å²) in [6, 6.07) is 19.5. The second-order valence-corrected chi connectivity index (χ2v) is 7.00. The van der Waals surface area contributed by atoms with Crippen molar-refractivity contribution in [3.05, 3.63) is 66.2 Å². The lowest BCUT2D eigenvalue weighted by Crippen LogP contribution is -2.41. The minimum atomic E-state index is -0.480. The number of carbonyl (C=O) groups excluding carboxylic acids is 2. The van der Waals surface area contributed by atoms with Gasteiger partial charge >= 0.3 is 0 Å². The molecule has 0 heterocycles. The molecular formula is C23H30N2O3. The summed E-state index contributed by atoms with van der Waals surface area (Å²) in [6.07, 6.45) is 5.17. The first-order valence-corrected chi connectivity index (χ1v) is 9.80. The Morgan fingerprint density at radius 1 is 1.00 bits per heavy atom. The number of hydrogen-bond acceptors (Lipinski definition) is 3. The van der Waals surface area contributed by atoms with Crippen molar-refractivity contribution in [1.82, 2.24) is 4.90 Å². The third-order valence-corrected chi connectivity index (χ3v) is 4.79. The van der Waals surface area contributed by atoms with Crippen molar-refractivity contribution in [2.24, 2.45) is 11.7 Å². The third kappa shape index (κ3) is 7.43. The number of rotatable bonds is 6. The fourth-order valence-corrected chi connectivity index (χ4v) is 3.38. The molecule has 0 radical (unpaired) electrons. The molecule has 150 valence electrons. The molecular weight excluding hydrogens is 352 g/mol. The Hall–Kier alpha value is -2.82. The van der Waals surface area contributed by atoms with Crippen LogP contribution >= 0.6 is 0 Å². The van der Waals surface area contributed by atoms with E-state index in [0.717, 1.165) is 37.0 Å². The smallest absolute Gasteiger partial charge is 0.237 e. The predicted molar refractivity (Wildman–Crippen MR) is 111 cm³/mol. The zero-order valence-corrected chi connectivity index (χ0v) is 16.5. The molecule has 0 saturated heterocycles. The highest BCUT2D eigenvalue weighted by Gasteiger charge is 2.26. The van der Waals surface area contributed by atoms with Crippen molar-refractivity contribution in [2.45, 2.75) is 38.6 Å². The molecule has 5 nitrogen and oxygen atoms in total. The van der Waals surface area contributed by atoms with Crippen LogP contribution in [0.4, 0.5) is 0 Å². The van der Waals surface area contributed by atoms with Gasteiger partial charge in [0.2, 0.25) is 11.8 Å². The Balaban J connectivity index is 0.000000397. The van der Waals surface area contributed by atoms with Crippen molar-refractivity contribution in [3.8, 4) is 5.75 Å². The van der Waals surface area contributed by atoms with Gasteiger partial charge in [0.1, 0.15) is 5.75 Å². The molecule has 5 heteroatoms. The van der Waals surface area contributed by atoms with E-state index in [4.69, 9.17) is 10.5 Å². The molecule has 1 fully saturated rings. The number of carbonyl (C=O) groups is 2. The second-order valence-electron chi connectivity index (χ2n) is 7.00. The maximum absolute atomic E-state index is 12.7. The van der Waals surface area contributed by atoms with Crippen LogP contribution in [-0.2, 0) is 16.1 Å². The van der Waals surface area contributed by atoms with E-state index < -0.39 is 5.91 Å². The fraction of sp³-hybridized carbons (Fsp3) is 0.391. The first-order chi connectivity index (χ1) is 13.6. The van der Waals surface area contributed by atoms with Crippen LogP contribution in [0.25, 0.3) is 0 Å². The highest BCUT2D eigenvalue weighted by Crippen LogP contribution is 2.26. The van der Waals surface area contributed by atoms with Gasteiger partial charge in [0.25, 0.3) is 0 Å². The zero-order chi connectivity index (χ0) is 20.2. The number of nitrogens with two attached hydrogens (primary N) is 1. The van der Waals surface area contributed by atoms with Crippen molar-refractivity contribution in [1.29, 1.82) is 0 Å². The quantitative estimate of drug-likeness (QED) is 0.826. The molecule has 0 unspecified atom stereocenters. The van der Waals surface area contributed by atoms with E-state index in [0.29, 0.717) is 6.54 Å². The SMILES string of the molecule is COc1cccc(CN(CC(N)=O)C(=O)C2CCCCC2)c1.c1ccccc1. The summed E-state index contributed by atoms with van der Waals surface area (Å²) in [5, 5.41) is 0. The van der Waals surface area contributed by atoms with Crippen molar-refractivity contribution in [3.63, 3.8) is 0 Å². The highest BCUT2D eigenvalue weighted by molar-refractivity contribution is 5.85. The van der Waals surface area contributed by atoms with Gasteiger partial charge < -0.3 is 15.4 Å². The Kier molecular flexibility index (Phi) is 9.05. The molecule has 0 atom stereocenters. The fourth-order valence-electron chi connectivity index (χ4n) is 3.38. The molecule has 2 aromatic rings. The highest BCUT2D eigenvalue weighted by atomic mass is 16.5. The maximum atomic E-state index is 12.7. The zero-order valence-electron chi connectivity index (χ0n) is 16.5. The van der Waals surface area contributed by atoms with E-state index in [-0.39, 0.29) is 18.4 Å². The van der Waals surface area contributed by atoms with Crippen LogP contribution in [0.5, 0.6) is 5.75 Å². The number of ether oxygens (including phenoxy) is 1. The third-order valence-electron chi connectivity index (χ3n) is 4.79. The monoisotopic (exact) mass is 382 g/mol. The minimum absolute atomic E-state index is 0.0266. The van der Waals surface area contributed by atoms with E-state index in [1.165, 1.54) is 6.42 Å². The summed E-state index contributed by atoms with van der Waals surface area (Å²) >= 11 is 0. The maximum Gasteiger partial charge on any atom is 0.237 e. The van der Waals surface area contributed by atoms with Gasteiger partial charge in [-0.25, -0.2) is 0 Å². The van der Waals surface area contributed by atoms with Crippen LogP contribution in [0.15, 0.2) is 60.7 Å². The molecule has 1 aliphatic rings. The molecule has 3 rings (SSSR count). The Morgan fingerprint density at radius 3 is 2.14 bits per heavy atom. The molecule has 2 N–H and O–H groups in total. The van der Waals surface area contributed by atoms with Crippen LogP contribution in [0.2, 0.25) is 0 Å². The number of nitrogens with zero attached hydrogens (tertiary/aromatic N) is 1. The molecule has 0 aliphatic heterocycles. The van der Waals surface area contributed by atoms with E-state index in [1.54, 1.807) is 12.0 Å². The van der Waals surface area contributed by atoms with Crippen LogP contribution < -0.4 is 10.5 Å². The summed E-state index contributed by atoms with van der Waals surface area (Å²) in [6.45, 7) is 0.349. The van der Waals surface area contributed by atoms with Crippen molar-refractivity contribution in [2.75, 3.05) is 13.7 Å². The topological polar surface area (TPSA) is 72.6 Å². The van der Waals surface area contributed by atoms with E-state index in [1.807, 2.05) is 60.7 Å². The lowest BCUT2D eigenvalue weighted by molar-refractivity contribution is -0.140. The van der Waals surface area contributed by atoms with Crippen LogP contribution in [0.3, 0.4) is 0 Å². The first-order valence-electron chi connectivity index (χ1n) is 9.80. The van der Waals surface area contributed by atoms with Crippen LogP contribution in [0.1, 0.15) is 37.7 Å².